The Labute approximate surface area is 242 Å². The van der Waals surface area contributed by atoms with Crippen molar-refractivity contribution in [2.24, 2.45) is 0 Å². The Morgan fingerprint density at radius 3 is 2.68 bits per heavy atom. The Bertz CT molecular complexity index is 1470. The van der Waals surface area contributed by atoms with Crippen LogP contribution in [0.1, 0.15) is 24.0 Å². The second kappa shape index (κ2) is 13.7. The lowest BCUT2D eigenvalue weighted by Crippen LogP contribution is -2.44. The van der Waals surface area contributed by atoms with Crippen LogP contribution >= 0.6 is 11.6 Å². The maximum atomic E-state index is 13.3. The molecule has 1 unspecified atom stereocenters. The molecule has 2 atom stereocenters. The van der Waals surface area contributed by atoms with Crippen LogP contribution < -0.4 is 15.4 Å². The summed E-state index contributed by atoms with van der Waals surface area (Å²) in [5, 5.41) is 17.5. The summed E-state index contributed by atoms with van der Waals surface area (Å²) < 4.78 is 12.9. The maximum Gasteiger partial charge on any atom is 0.247 e. The second-order valence-electron chi connectivity index (χ2n) is 9.50. The molecule has 10 nitrogen and oxygen atoms in total. The van der Waals surface area contributed by atoms with E-state index in [0.29, 0.717) is 40.7 Å². The van der Waals surface area contributed by atoms with Crippen LogP contribution in [-0.4, -0.2) is 57.4 Å². The number of nitrogens with zero attached hydrogens (tertiary/aromatic N) is 4. The SMILES string of the molecule is O=C(/C=C/c1cc(Cl)ccc1-n1cnnn1)N[C@@H](Cc1ccccc1)C(=O)Nc1ccc(OCC2CCCO2)cc1. The molecule has 41 heavy (non-hydrogen) atoms. The molecule has 2 N–H and O–H groups in total. The zero-order valence-corrected chi connectivity index (χ0v) is 22.9. The van der Waals surface area contributed by atoms with Gasteiger partial charge in [0, 0.05) is 35.4 Å². The second-order valence-corrected chi connectivity index (χ2v) is 9.94. The molecule has 1 aliphatic heterocycles. The number of anilines is 1. The zero-order valence-electron chi connectivity index (χ0n) is 22.2. The molecular weight excluding hydrogens is 544 g/mol. The molecule has 2 heterocycles. The van der Waals surface area contributed by atoms with Crippen molar-refractivity contribution in [3.8, 4) is 11.4 Å². The molecule has 210 valence electrons. The quantitative estimate of drug-likeness (QED) is 0.258. The minimum Gasteiger partial charge on any atom is -0.491 e. The zero-order chi connectivity index (χ0) is 28.4. The monoisotopic (exact) mass is 572 g/mol. The fraction of sp³-hybridized carbons (Fsp3) is 0.233. The van der Waals surface area contributed by atoms with E-state index < -0.39 is 11.9 Å². The van der Waals surface area contributed by atoms with Crippen LogP contribution in [0.15, 0.2) is 85.2 Å². The van der Waals surface area contributed by atoms with Crippen LogP contribution in [0.2, 0.25) is 5.02 Å². The van der Waals surface area contributed by atoms with Crippen LogP contribution in [0.25, 0.3) is 11.8 Å². The van der Waals surface area contributed by atoms with Crippen LogP contribution in [0.3, 0.4) is 0 Å². The summed E-state index contributed by atoms with van der Waals surface area (Å²) in [6, 6.07) is 21.0. The fourth-order valence-electron chi connectivity index (χ4n) is 4.41. The number of rotatable bonds is 11. The minimum absolute atomic E-state index is 0.121. The first kappa shape index (κ1) is 28.0. The van der Waals surface area contributed by atoms with Crippen molar-refractivity contribution in [3.05, 3.63) is 101 Å². The first-order chi connectivity index (χ1) is 20.0. The van der Waals surface area contributed by atoms with Crippen LogP contribution in [0, 0.1) is 0 Å². The fourth-order valence-corrected chi connectivity index (χ4v) is 4.59. The van der Waals surface area contributed by atoms with E-state index in [1.54, 1.807) is 48.5 Å². The molecule has 1 fully saturated rings. The van der Waals surface area contributed by atoms with E-state index in [2.05, 4.69) is 26.2 Å². The predicted octanol–water partition coefficient (Wildman–Crippen LogP) is 4.25. The molecule has 2 amide bonds. The van der Waals surface area contributed by atoms with Gasteiger partial charge in [-0.2, -0.15) is 4.68 Å². The van der Waals surface area contributed by atoms with Crippen molar-refractivity contribution in [1.82, 2.24) is 25.5 Å². The molecule has 0 aliphatic carbocycles. The van der Waals surface area contributed by atoms with Crippen molar-refractivity contribution in [1.29, 1.82) is 0 Å². The predicted molar refractivity (Wildman–Crippen MR) is 155 cm³/mol. The lowest BCUT2D eigenvalue weighted by Gasteiger charge is -2.18. The van der Waals surface area contributed by atoms with Crippen molar-refractivity contribution in [2.45, 2.75) is 31.4 Å². The average molecular weight is 573 g/mol. The lowest BCUT2D eigenvalue weighted by molar-refractivity contribution is -0.123. The van der Waals surface area contributed by atoms with Gasteiger partial charge in [0.2, 0.25) is 11.8 Å². The van der Waals surface area contributed by atoms with Crippen LogP contribution in [0.4, 0.5) is 5.69 Å². The molecule has 1 aromatic heterocycles. The number of halogens is 1. The van der Waals surface area contributed by atoms with Gasteiger partial charge in [-0.05, 0) is 77.4 Å². The Morgan fingerprint density at radius 2 is 1.95 bits per heavy atom. The van der Waals surface area contributed by atoms with Gasteiger partial charge in [-0.3, -0.25) is 9.59 Å². The largest absolute Gasteiger partial charge is 0.491 e. The van der Waals surface area contributed by atoms with Gasteiger partial charge in [0.1, 0.15) is 24.7 Å². The standard InChI is InChI=1S/C30H29ClN6O4/c31-23-9-14-28(37-20-32-35-36-37)22(18-23)8-15-29(38)34-27(17-21-5-2-1-3-6-21)30(39)33-24-10-12-25(13-11-24)41-19-26-7-4-16-40-26/h1-3,5-6,8-15,18,20,26-27H,4,7,16-17,19H2,(H,33,39)(H,34,38)/b15-8+/t26?,27-/m0/s1. The highest BCUT2D eigenvalue weighted by atomic mass is 35.5. The van der Waals surface area contributed by atoms with Gasteiger partial charge in [0.15, 0.2) is 0 Å². The van der Waals surface area contributed by atoms with Crippen molar-refractivity contribution >= 4 is 35.2 Å². The number of carbonyl (C=O) groups excluding carboxylic acids is 2. The van der Waals surface area contributed by atoms with Gasteiger partial charge < -0.3 is 20.1 Å². The first-order valence-electron chi connectivity index (χ1n) is 13.2. The van der Waals surface area contributed by atoms with Crippen molar-refractivity contribution < 1.29 is 19.1 Å². The van der Waals surface area contributed by atoms with E-state index in [-0.39, 0.29) is 12.0 Å². The van der Waals surface area contributed by atoms with Gasteiger partial charge in [0.25, 0.3) is 0 Å². The third-order valence-corrected chi connectivity index (χ3v) is 6.73. The van der Waals surface area contributed by atoms with Gasteiger partial charge in [0.05, 0.1) is 11.8 Å². The molecular formula is C30H29ClN6O4. The first-order valence-corrected chi connectivity index (χ1v) is 13.6. The number of carbonyl (C=O) groups is 2. The van der Waals surface area contributed by atoms with Gasteiger partial charge in [-0.25, -0.2) is 0 Å². The highest BCUT2D eigenvalue weighted by Crippen LogP contribution is 2.21. The molecule has 3 aromatic carbocycles. The smallest absolute Gasteiger partial charge is 0.247 e. The summed E-state index contributed by atoms with van der Waals surface area (Å²) >= 11 is 6.18. The summed E-state index contributed by atoms with van der Waals surface area (Å²) in [5.74, 6) is -0.0952. The highest BCUT2D eigenvalue weighted by molar-refractivity contribution is 6.30. The Hall–Kier alpha value is -4.54. The number of benzene rings is 3. The maximum absolute atomic E-state index is 13.3. The number of hydrogen-bond donors (Lipinski definition) is 2. The van der Waals surface area contributed by atoms with E-state index in [1.165, 1.54) is 17.1 Å². The van der Waals surface area contributed by atoms with Gasteiger partial charge in [-0.15, -0.1) is 5.10 Å². The molecule has 0 spiro atoms. The minimum atomic E-state index is -0.830. The normalized spacial score (nSPS) is 15.5. The molecule has 0 bridgehead atoms. The van der Waals surface area contributed by atoms with Gasteiger partial charge >= 0.3 is 0 Å². The summed E-state index contributed by atoms with van der Waals surface area (Å²) in [7, 11) is 0. The number of ether oxygens (including phenoxy) is 2. The topological polar surface area (TPSA) is 120 Å². The molecule has 1 saturated heterocycles. The third kappa shape index (κ3) is 8.00. The Balaban J connectivity index is 1.26. The summed E-state index contributed by atoms with van der Waals surface area (Å²) in [5.41, 5.74) is 2.77. The number of hydrogen-bond acceptors (Lipinski definition) is 7. The molecule has 5 rings (SSSR count). The molecule has 1 aliphatic rings. The molecule has 0 radical (unpaired) electrons. The third-order valence-electron chi connectivity index (χ3n) is 6.50. The Morgan fingerprint density at radius 1 is 1.12 bits per heavy atom. The number of nitrogens with one attached hydrogen (secondary N) is 2. The number of tetrazole rings is 1. The van der Waals surface area contributed by atoms with E-state index >= 15 is 0 Å². The van der Waals surface area contributed by atoms with Crippen LogP contribution in [-0.2, 0) is 20.7 Å². The van der Waals surface area contributed by atoms with E-state index in [1.807, 2.05) is 30.3 Å². The molecule has 11 heteroatoms. The van der Waals surface area contributed by atoms with Crippen molar-refractivity contribution in [2.75, 3.05) is 18.5 Å². The van der Waals surface area contributed by atoms with Gasteiger partial charge in [-0.1, -0.05) is 41.9 Å². The summed E-state index contributed by atoms with van der Waals surface area (Å²) in [6.45, 7) is 1.27. The van der Waals surface area contributed by atoms with E-state index in [0.717, 1.165) is 25.0 Å². The van der Waals surface area contributed by atoms with Crippen LogP contribution in [0.5, 0.6) is 5.75 Å². The average Bonchev–Trinajstić information content (AvgIpc) is 3.71. The highest BCUT2D eigenvalue weighted by Gasteiger charge is 2.21. The summed E-state index contributed by atoms with van der Waals surface area (Å²) in [4.78, 5) is 26.3. The molecule has 4 aromatic rings. The number of aromatic nitrogens is 4. The van der Waals surface area contributed by atoms with E-state index in [9.17, 15) is 9.59 Å². The number of amides is 2. The lowest BCUT2D eigenvalue weighted by atomic mass is 10.0. The summed E-state index contributed by atoms with van der Waals surface area (Å²) in [6.07, 6.45) is 6.88. The van der Waals surface area contributed by atoms with Crippen molar-refractivity contribution in [3.63, 3.8) is 0 Å². The Kier molecular flexibility index (Phi) is 9.35. The molecule has 0 saturated carbocycles. The van der Waals surface area contributed by atoms with E-state index in [4.69, 9.17) is 21.1 Å².